The van der Waals surface area contributed by atoms with Crippen LogP contribution in [0.5, 0.6) is 5.75 Å². The molecular formula is C30H25FN2O4S. The molecule has 0 spiro atoms. The van der Waals surface area contributed by atoms with Crippen LogP contribution in [0.3, 0.4) is 0 Å². The highest BCUT2D eigenvalue weighted by Gasteiger charge is 2.48. The van der Waals surface area contributed by atoms with Crippen LogP contribution in [-0.2, 0) is 16.0 Å². The summed E-state index contributed by atoms with van der Waals surface area (Å²) in [5.41, 5.74) is 3.66. The quantitative estimate of drug-likeness (QED) is 0.186. The van der Waals surface area contributed by atoms with E-state index in [1.165, 1.54) is 17.0 Å². The zero-order valence-corrected chi connectivity index (χ0v) is 21.9. The monoisotopic (exact) mass is 528 g/mol. The van der Waals surface area contributed by atoms with E-state index in [0.29, 0.717) is 33.7 Å². The van der Waals surface area contributed by atoms with Crippen molar-refractivity contribution >= 4 is 44.1 Å². The molecule has 0 saturated carbocycles. The van der Waals surface area contributed by atoms with Crippen molar-refractivity contribution in [2.24, 2.45) is 0 Å². The van der Waals surface area contributed by atoms with E-state index >= 15 is 0 Å². The summed E-state index contributed by atoms with van der Waals surface area (Å²) < 4.78 is 20.2. The van der Waals surface area contributed by atoms with Crippen molar-refractivity contribution < 1.29 is 23.8 Å². The van der Waals surface area contributed by atoms with E-state index < -0.39 is 23.5 Å². The van der Waals surface area contributed by atoms with Crippen LogP contribution in [0.1, 0.15) is 55.0 Å². The van der Waals surface area contributed by atoms with Gasteiger partial charge in [-0.2, -0.15) is 0 Å². The fraction of sp³-hybridized carbons (Fsp3) is 0.233. The molecular weight excluding hydrogens is 503 g/mol. The molecule has 0 radical (unpaired) electrons. The summed E-state index contributed by atoms with van der Waals surface area (Å²) in [6.45, 7) is 6.13. The number of Topliss-reactive ketones (excluding diaryl/α,β-unsaturated/α-hetero) is 1. The largest absolute Gasteiger partial charge is 0.507 e. The van der Waals surface area contributed by atoms with Crippen LogP contribution in [0.4, 0.5) is 9.52 Å². The number of rotatable bonds is 4. The summed E-state index contributed by atoms with van der Waals surface area (Å²) in [6.07, 6.45) is 0.712. The molecule has 1 saturated heterocycles. The maximum atomic E-state index is 13.9. The van der Waals surface area contributed by atoms with Crippen molar-refractivity contribution in [3.05, 3.63) is 94.3 Å². The first-order valence-electron chi connectivity index (χ1n) is 12.5. The number of benzene rings is 3. The summed E-state index contributed by atoms with van der Waals surface area (Å²) in [5, 5.41) is 11.8. The molecule has 2 aliphatic heterocycles. The molecule has 2 atom stereocenters. The minimum Gasteiger partial charge on any atom is -0.507 e. The van der Waals surface area contributed by atoms with Crippen molar-refractivity contribution in [3.63, 3.8) is 0 Å². The lowest BCUT2D eigenvalue weighted by Gasteiger charge is -2.23. The lowest BCUT2D eigenvalue weighted by molar-refractivity contribution is -0.132. The zero-order chi connectivity index (χ0) is 26.7. The highest BCUT2D eigenvalue weighted by molar-refractivity contribution is 7.22. The minimum atomic E-state index is -0.898. The van der Waals surface area contributed by atoms with Crippen LogP contribution in [0.25, 0.3) is 16.0 Å². The topological polar surface area (TPSA) is 79.7 Å². The summed E-state index contributed by atoms with van der Waals surface area (Å²) in [5.74, 6) is -1.20. The van der Waals surface area contributed by atoms with Crippen molar-refractivity contribution in [1.82, 2.24) is 4.98 Å². The molecule has 8 heteroatoms. The Morgan fingerprint density at radius 2 is 1.87 bits per heavy atom. The van der Waals surface area contributed by atoms with E-state index in [4.69, 9.17) is 4.74 Å². The van der Waals surface area contributed by atoms with Gasteiger partial charge in [0.2, 0.25) is 0 Å². The number of ether oxygens (including phenoxy) is 1. The number of thiazole rings is 1. The molecule has 1 aromatic heterocycles. The maximum Gasteiger partial charge on any atom is 0.301 e. The van der Waals surface area contributed by atoms with E-state index in [-0.39, 0.29) is 22.6 Å². The van der Waals surface area contributed by atoms with E-state index in [9.17, 15) is 19.1 Å². The van der Waals surface area contributed by atoms with E-state index in [2.05, 4.69) is 18.8 Å². The first-order valence-corrected chi connectivity index (χ1v) is 13.3. The molecule has 6 nitrogen and oxygen atoms in total. The summed E-state index contributed by atoms with van der Waals surface area (Å²) in [7, 11) is 0. The van der Waals surface area contributed by atoms with E-state index in [1.807, 2.05) is 31.2 Å². The number of aliphatic hydroxyl groups is 1. The van der Waals surface area contributed by atoms with E-state index in [1.54, 1.807) is 24.3 Å². The third-order valence-corrected chi connectivity index (χ3v) is 8.10. The normalized spacial score (nSPS) is 20.4. The Bertz CT molecular complexity index is 1640. The van der Waals surface area contributed by atoms with Crippen LogP contribution in [0.2, 0.25) is 0 Å². The van der Waals surface area contributed by atoms with Gasteiger partial charge in [0.05, 0.1) is 21.8 Å². The molecule has 192 valence electrons. The number of halogens is 1. The number of anilines is 1. The molecule has 3 aromatic carbocycles. The Morgan fingerprint density at radius 3 is 2.61 bits per heavy atom. The molecule has 2 aliphatic rings. The highest BCUT2D eigenvalue weighted by Crippen LogP contribution is 2.45. The Hall–Kier alpha value is -4.04. The number of nitrogens with zero attached hydrogens (tertiary/aromatic N) is 2. The minimum absolute atomic E-state index is 0.00959. The number of hydrogen-bond donors (Lipinski definition) is 1. The van der Waals surface area contributed by atoms with Gasteiger partial charge in [0, 0.05) is 12.0 Å². The van der Waals surface area contributed by atoms with Crippen LogP contribution >= 0.6 is 11.3 Å². The van der Waals surface area contributed by atoms with E-state index in [0.717, 1.165) is 28.2 Å². The Labute approximate surface area is 223 Å². The third-order valence-electron chi connectivity index (χ3n) is 7.08. The van der Waals surface area contributed by atoms with Crippen LogP contribution in [0.15, 0.2) is 66.2 Å². The Kier molecular flexibility index (Phi) is 5.79. The number of ketones is 1. The van der Waals surface area contributed by atoms with Gasteiger partial charge in [0.1, 0.15) is 23.4 Å². The van der Waals surface area contributed by atoms with Gasteiger partial charge in [-0.3, -0.25) is 14.5 Å². The number of fused-ring (bicyclic) bond motifs is 2. The SMILES string of the molecule is CC1Cc2cc(C(O)=C3C(=O)C(=O)N(c4nc5ccc(F)cc5s4)C3c3ccc(C(C)C)cc3)ccc2O1. The second kappa shape index (κ2) is 9.06. The van der Waals surface area contributed by atoms with Crippen molar-refractivity contribution in [2.75, 3.05) is 4.90 Å². The summed E-state index contributed by atoms with van der Waals surface area (Å²) in [6, 6.07) is 16.2. The molecule has 0 bridgehead atoms. The predicted molar refractivity (Wildman–Crippen MR) is 145 cm³/mol. The van der Waals surface area contributed by atoms with Gasteiger partial charge in [-0.05, 0) is 65.9 Å². The number of carbonyl (C=O) groups is 2. The third kappa shape index (κ3) is 3.96. The molecule has 1 amide bonds. The Morgan fingerprint density at radius 1 is 1.11 bits per heavy atom. The predicted octanol–water partition coefficient (Wildman–Crippen LogP) is 6.51. The fourth-order valence-electron chi connectivity index (χ4n) is 5.12. The number of hydrogen-bond acceptors (Lipinski definition) is 6. The van der Waals surface area contributed by atoms with Gasteiger partial charge in [0.25, 0.3) is 5.78 Å². The number of aliphatic hydroxyl groups excluding tert-OH is 1. The fourth-order valence-corrected chi connectivity index (χ4v) is 6.14. The first-order chi connectivity index (χ1) is 18.2. The first kappa shape index (κ1) is 24.3. The average Bonchev–Trinajstić information content (AvgIpc) is 3.55. The highest BCUT2D eigenvalue weighted by atomic mass is 32.1. The maximum absolute atomic E-state index is 13.9. The van der Waals surface area contributed by atoms with Gasteiger partial charge in [0.15, 0.2) is 5.13 Å². The van der Waals surface area contributed by atoms with Crippen molar-refractivity contribution in [1.29, 1.82) is 0 Å². The summed E-state index contributed by atoms with van der Waals surface area (Å²) >= 11 is 1.13. The molecule has 1 fully saturated rings. The standard InChI is InChI=1S/C30H25FN2O4S/c1-15(2)17-4-6-18(7-5-17)26-25(27(34)19-8-11-23-20(13-19)12-16(3)37-23)28(35)29(36)33(26)30-32-22-10-9-21(31)14-24(22)38-30/h4-11,13-16,26,34H,12H2,1-3H3. The second-order valence-electron chi connectivity index (χ2n) is 10.1. The molecule has 4 aromatic rings. The van der Waals surface area contributed by atoms with Gasteiger partial charge < -0.3 is 9.84 Å². The average molecular weight is 529 g/mol. The molecule has 38 heavy (non-hydrogen) atoms. The number of aromatic nitrogens is 1. The van der Waals surface area contributed by atoms with Crippen LogP contribution < -0.4 is 9.64 Å². The van der Waals surface area contributed by atoms with Crippen LogP contribution in [0, 0.1) is 5.82 Å². The molecule has 3 heterocycles. The second-order valence-corrected chi connectivity index (χ2v) is 11.1. The lowest BCUT2D eigenvalue weighted by Crippen LogP contribution is -2.29. The number of carbonyl (C=O) groups excluding carboxylic acids is 2. The molecule has 1 N–H and O–H groups in total. The van der Waals surface area contributed by atoms with Gasteiger partial charge in [-0.15, -0.1) is 0 Å². The molecule has 2 unspecified atom stereocenters. The number of amides is 1. The van der Waals surface area contributed by atoms with Gasteiger partial charge in [-0.1, -0.05) is 49.4 Å². The summed E-state index contributed by atoms with van der Waals surface area (Å²) in [4.78, 5) is 32.9. The van der Waals surface area contributed by atoms with Crippen molar-refractivity contribution in [3.8, 4) is 5.75 Å². The zero-order valence-electron chi connectivity index (χ0n) is 21.1. The Balaban J connectivity index is 1.53. The molecule has 6 rings (SSSR count). The van der Waals surface area contributed by atoms with Gasteiger partial charge >= 0.3 is 5.91 Å². The van der Waals surface area contributed by atoms with Gasteiger partial charge in [-0.25, -0.2) is 9.37 Å². The molecule has 0 aliphatic carbocycles. The van der Waals surface area contributed by atoms with Crippen molar-refractivity contribution in [2.45, 2.75) is 45.3 Å². The smallest absolute Gasteiger partial charge is 0.301 e. The van der Waals surface area contributed by atoms with Crippen LogP contribution in [-0.4, -0.2) is 27.9 Å². The lowest BCUT2D eigenvalue weighted by atomic mass is 9.93.